The lowest BCUT2D eigenvalue weighted by atomic mass is 9.97. The quantitative estimate of drug-likeness (QED) is 0.844. The van der Waals surface area contributed by atoms with E-state index in [1.807, 2.05) is 0 Å². The van der Waals surface area contributed by atoms with Crippen molar-refractivity contribution in [2.45, 2.75) is 43.9 Å². The van der Waals surface area contributed by atoms with Gasteiger partial charge < -0.3 is 4.57 Å². The maximum absolute atomic E-state index is 12.8. The van der Waals surface area contributed by atoms with Crippen molar-refractivity contribution >= 4 is 21.6 Å². The molecule has 0 fully saturated rings. The number of halogens is 4. The molecular weight excluding hydrogens is 393 g/mol. The van der Waals surface area contributed by atoms with Gasteiger partial charge in [-0.15, -0.1) is 10.2 Å². The van der Waals surface area contributed by atoms with E-state index in [0.29, 0.717) is 10.6 Å². The monoisotopic (exact) mass is 408 g/mol. The first-order chi connectivity index (χ1) is 12.1. The molecule has 1 aliphatic heterocycles. The summed E-state index contributed by atoms with van der Waals surface area (Å²) in [4.78, 5) is 0.0421. The van der Waals surface area contributed by atoms with Crippen LogP contribution in [0.1, 0.15) is 23.6 Å². The largest absolute Gasteiger partial charge is 0.392 e. The molecule has 0 bridgehead atoms. The molecule has 0 spiro atoms. The number of hydrogen-bond donors (Lipinski definition) is 1. The first-order valence-electron chi connectivity index (χ1n) is 7.82. The van der Waals surface area contributed by atoms with Gasteiger partial charge in [0.2, 0.25) is 10.0 Å². The third-order valence-electron chi connectivity index (χ3n) is 4.42. The molecule has 1 N–H and O–H groups in total. The van der Waals surface area contributed by atoms with Gasteiger partial charge in [0.1, 0.15) is 11.6 Å². The van der Waals surface area contributed by atoms with E-state index in [1.165, 1.54) is 16.7 Å². The SMILES string of the molecule is Cc1c(Cl)cccc1S(=O)(=O)NCc1nnc2n1CC[C@H](C(F)(F)F)C2. The van der Waals surface area contributed by atoms with Gasteiger partial charge in [0.25, 0.3) is 0 Å². The van der Waals surface area contributed by atoms with Crippen LogP contribution in [0.4, 0.5) is 13.2 Å². The van der Waals surface area contributed by atoms with Crippen molar-refractivity contribution in [1.82, 2.24) is 19.5 Å². The van der Waals surface area contributed by atoms with Crippen molar-refractivity contribution in [2.24, 2.45) is 5.92 Å². The van der Waals surface area contributed by atoms with Gasteiger partial charge >= 0.3 is 6.18 Å². The Balaban J connectivity index is 1.76. The molecule has 26 heavy (non-hydrogen) atoms. The molecule has 2 heterocycles. The van der Waals surface area contributed by atoms with Crippen molar-refractivity contribution in [3.63, 3.8) is 0 Å². The van der Waals surface area contributed by atoms with Gasteiger partial charge in [-0.25, -0.2) is 13.1 Å². The Kier molecular flexibility index (Phi) is 5.02. The molecular formula is C15H16ClF3N4O2S. The number of fused-ring (bicyclic) bond motifs is 1. The summed E-state index contributed by atoms with van der Waals surface area (Å²) in [6, 6.07) is 4.54. The highest BCUT2D eigenvalue weighted by atomic mass is 35.5. The van der Waals surface area contributed by atoms with Gasteiger partial charge in [-0.2, -0.15) is 13.2 Å². The molecule has 11 heteroatoms. The van der Waals surface area contributed by atoms with Crippen molar-refractivity contribution in [3.8, 4) is 0 Å². The second-order valence-electron chi connectivity index (χ2n) is 6.10. The molecule has 1 aliphatic rings. The maximum Gasteiger partial charge on any atom is 0.392 e. The van der Waals surface area contributed by atoms with Gasteiger partial charge in [0.05, 0.1) is 17.4 Å². The van der Waals surface area contributed by atoms with E-state index < -0.39 is 22.1 Å². The number of nitrogens with zero attached hydrogens (tertiary/aromatic N) is 3. The van der Waals surface area contributed by atoms with Crippen molar-refractivity contribution in [1.29, 1.82) is 0 Å². The number of sulfonamides is 1. The topological polar surface area (TPSA) is 76.9 Å². The van der Waals surface area contributed by atoms with E-state index in [4.69, 9.17) is 11.6 Å². The molecule has 142 valence electrons. The zero-order chi connectivity index (χ0) is 19.1. The second-order valence-corrected chi connectivity index (χ2v) is 8.25. The number of aromatic nitrogens is 3. The average molecular weight is 409 g/mol. The Labute approximate surface area is 153 Å². The van der Waals surface area contributed by atoms with Crippen molar-refractivity contribution in [2.75, 3.05) is 0 Å². The van der Waals surface area contributed by atoms with Gasteiger partial charge in [0.15, 0.2) is 0 Å². The van der Waals surface area contributed by atoms with Crippen LogP contribution in [-0.4, -0.2) is 29.4 Å². The summed E-state index contributed by atoms with van der Waals surface area (Å²) >= 11 is 5.95. The predicted molar refractivity (Wildman–Crippen MR) is 88.1 cm³/mol. The fraction of sp³-hybridized carbons (Fsp3) is 0.467. The molecule has 0 aliphatic carbocycles. The minimum atomic E-state index is -4.27. The zero-order valence-corrected chi connectivity index (χ0v) is 15.3. The van der Waals surface area contributed by atoms with E-state index in [1.54, 1.807) is 13.0 Å². The maximum atomic E-state index is 12.8. The summed E-state index contributed by atoms with van der Waals surface area (Å²) in [5.74, 6) is -0.951. The summed E-state index contributed by atoms with van der Waals surface area (Å²) in [5.41, 5.74) is 0.415. The fourth-order valence-corrected chi connectivity index (χ4v) is 4.39. The molecule has 1 aromatic heterocycles. The number of rotatable bonds is 4. The minimum Gasteiger partial charge on any atom is -0.314 e. The Bertz CT molecular complexity index is 927. The van der Waals surface area contributed by atoms with Crippen LogP contribution in [0, 0.1) is 12.8 Å². The van der Waals surface area contributed by atoms with Gasteiger partial charge in [0, 0.05) is 18.0 Å². The van der Waals surface area contributed by atoms with E-state index in [0.717, 1.165) is 0 Å². The Morgan fingerprint density at radius 1 is 1.35 bits per heavy atom. The molecule has 0 saturated carbocycles. The molecule has 0 unspecified atom stereocenters. The van der Waals surface area contributed by atoms with E-state index in [9.17, 15) is 21.6 Å². The van der Waals surface area contributed by atoms with Crippen LogP contribution in [0.5, 0.6) is 0 Å². The fourth-order valence-electron chi connectivity index (χ4n) is 2.92. The van der Waals surface area contributed by atoms with E-state index in [-0.39, 0.29) is 42.5 Å². The highest BCUT2D eigenvalue weighted by Gasteiger charge is 2.42. The molecule has 0 radical (unpaired) electrons. The number of alkyl halides is 3. The van der Waals surface area contributed by atoms with Crippen LogP contribution in [0.15, 0.2) is 23.1 Å². The lowest BCUT2D eigenvalue weighted by Crippen LogP contribution is -2.32. The van der Waals surface area contributed by atoms with E-state index in [2.05, 4.69) is 14.9 Å². The molecule has 1 aromatic carbocycles. The normalized spacial score (nSPS) is 18.0. The number of nitrogens with one attached hydrogen (secondary N) is 1. The summed E-state index contributed by atoms with van der Waals surface area (Å²) in [5, 5.41) is 7.95. The number of hydrogen-bond acceptors (Lipinski definition) is 4. The van der Waals surface area contributed by atoms with E-state index >= 15 is 0 Å². The Morgan fingerprint density at radius 2 is 2.08 bits per heavy atom. The first-order valence-corrected chi connectivity index (χ1v) is 9.68. The third kappa shape index (κ3) is 3.72. The number of benzene rings is 1. The second kappa shape index (κ2) is 6.82. The van der Waals surface area contributed by atoms with Crippen LogP contribution < -0.4 is 4.72 Å². The summed E-state index contributed by atoms with van der Waals surface area (Å²) in [7, 11) is -3.85. The van der Waals surface area contributed by atoms with Crippen LogP contribution in [0.25, 0.3) is 0 Å². The molecule has 0 amide bonds. The summed E-state index contributed by atoms with van der Waals surface area (Å²) in [6.45, 7) is 1.52. The third-order valence-corrected chi connectivity index (χ3v) is 6.38. The standard InChI is InChI=1S/C15H16ClF3N4O2S/c1-9-11(16)3-2-4-12(9)26(24,25)20-8-14-22-21-13-7-10(15(17,18)19)5-6-23(13)14/h2-4,10,20H,5-8H2,1H3/t10-/m0/s1. The molecule has 2 aromatic rings. The summed E-state index contributed by atoms with van der Waals surface area (Å²) < 4.78 is 67.4. The Hall–Kier alpha value is -1.65. The van der Waals surface area contributed by atoms with Gasteiger partial charge in [-0.3, -0.25) is 0 Å². The van der Waals surface area contributed by atoms with Crippen molar-refractivity contribution in [3.05, 3.63) is 40.4 Å². The average Bonchev–Trinajstić information content (AvgIpc) is 2.97. The van der Waals surface area contributed by atoms with Crippen LogP contribution >= 0.6 is 11.6 Å². The van der Waals surface area contributed by atoms with Crippen LogP contribution in [0.3, 0.4) is 0 Å². The highest BCUT2D eigenvalue weighted by molar-refractivity contribution is 7.89. The zero-order valence-electron chi connectivity index (χ0n) is 13.7. The summed E-state index contributed by atoms with van der Waals surface area (Å²) in [6.07, 6.45) is -4.61. The van der Waals surface area contributed by atoms with Crippen molar-refractivity contribution < 1.29 is 21.6 Å². The molecule has 3 rings (SSSR count). The Morgan fingerprint density at radius 3 is 2.77 bits per heavy atom. The smallest absolute Gasteiger partial charge is 0.314 e. The lowest BCUT2D eigenvalue weighted by molar-refractivity contribution is -0.179. The van der Waals surface area contributed by atoms with Gasteiger partial charge in [-0.05, 0) is 31.0 Å². The van der Waals surface area contributed by atoms with Crippen LogP contribution in [0.2, 0.25) is 5.02 Å². The molecule has 6 nitrogen and oxygen atoms in total. The lowest BCUT2D eigenvalue weighted by Gasteiger charge is -2.25. The first kappa shape index (κ1) is 19.1. The molecule has 1 atom stereocenters. The highest BCUT2D eigenvalue weighted by Crippen LogP contribution is 2.34. The minimum absolute atomic E-state index is 0.0421. The van der Waals surface area contributed by atoms with Crippen LogP contribution in [-0.2, 0) is 29.5 Å². The molecule has 0 saturated heterocycles. The van der Waals surface area contributed by atoms with Gasteiger partial charge in [-0.1, -0.05) is 17.7 Å². The predicted octanol–water partition coefficient (Wildman–Crippen LogP) is 2.84.